The Morgan fingerprint density at radius 2 is 1.96 bits per heavy atom. The zero-order valence-electron chi connectivity index (χ0n) is 13.1. The van der Waals surface area contributed by atoms with Crippen molar-refractivity contribution in [2.75, 3.05) is 18.4 Å². The molecule has 5 nitrogen and oxygen atoms in total. The van der Waals surface area contributed by atoms with Crippen molar-refractivity contribution in [3.8, 4) is 0 Å². The van der Waals surface area contributed by atoms with E-state index in [0.29, 0.717) is 25.1 Å². The largest absolute Gasteiger partial charge is 0.326 e. The van der Waals surface area contributed by atoms with Crippen LogP contribution < -0.4 is 5.32 Å². The molecular formula is C16H16BrFN2O3S2. The zero-order chi connectivity index (χ0) is 18.0. The van der Waals surface area contributed by atoms with Crippen molar-refractivity contribution in [1.29, 1.82) is 0 Å². The highest BCUT2D eigenvalue weighted by Crippen LogP contribution is 2.31. The maximum absolute atomic E-state index is 12.9. The SMILES string of the molecule is O=C(Nc1ccc(F)cc1)C1CCCN(S(=O)(=O)c2ccc(Br)s2)C1. The number of carbonyl (C=O) groups is 1. The molecule has 1 aromatic carbocycles. The Morgan fingerprint density at radius 1 is 1.24 bits per heavy atom. The van der Waals surface area contributed by atoms with Gasteiger partial charge in [0.1, 0.15) is 10.0 Å². The molecule has 0 saturated carbocycles. The molecule has 25 heavy (non-hydrogen) atoms. The molecule has 1 N–H and O–H groups in total. The second kappa shape index (κ2) is 7.53. The molecule has 1 aromatic heterocycles. The standard InChI is InChI=1S/C16H16BrFN2O3S2/c17-14-7-8-15(24-14)25(22,23)20-9-1-2-11(10-20)16(21)19-13-5-3-12(18)4-6-13/h3-8,11H,1-2,9-10H2,(H,19,21). The van der Waals surface area contributed by atoms with Crippen LogP contribution in [0.15, 0.2) is 44.4 Å². The number of benzene rings is 1. The number of thiophene rings is 1. The molecule has 3 rings (SSSR count). The van der Waals surface area contributed by atoms with E-state index in [2.05, 4.69) is 21.2 Å². The summed E-state index contributed by atoms with van der Waals surface area (Å²) in [6.45, 7) is 0.545. The summed E-state index contributed by atoms with van der Waals surface area (Å²) >= 11 is 4.42. The molecule has 0 radical (unpaired) electrons. The Labute approximate surface area is 158 Å². The average molecular weight is 447 g/mol. The summed E-state index contributed by atoms with van der Waals surface area (Å²) in [5, 5.41) is 2.72. The van der Waals surface area contributed by atoms with Gasteiger partial charge in [-0.15, -0.1) is 11.3 Å². The fourth-order valence-electron chi connectivity index (χ4n) is 2.72. The first-order chi connectivity index (χ1) is 11.9. The second-order valence-electron chi connectivity index (χ2n) is 5.76. The lowest BCUT2D eigenvalue weighted by atomic mass is 9.99. The third-order valence-electron chi connectivity index (χ3n) is 4.01. The summed E-state index contributed by atoms with van der Waals surface area (Å²) in [5.41, 5.74) is 0.494. The van der Waals surface area contributed by atoms with Gasteiger partial charge < -0.3 is 5.32 Å². The highest BCUT2D eigenvalue weighted by Gasteiger charge is 2.34. The summed E-state index contributed by atoms with van der Waals surface area (Å²) in [5.74, 6) is -1.06. The third kappa shape index (κ3) is 4.28. The van der Waals surface area contributed by atoms with E-state index in [-0.39, 0.29) is 22.5 Å². The van der Waals surface area contributed by atoms with Crippen molar-refractivity contribution in [3.05, 3.63) is 46.0 Å². The number of sulfonamides is 1. The van der Waals surface area contributed by atoms with E-state index in [0.717, 1.165) is 15.1 Å². The van der Waals surface area contributed by atoms with Crippen LogP contribution >= 0.6 is 27.3 Å². The molecule has 1 aliphatic heterocycles. The van der Waals surface area contributed by atoms with Crippen molar-refractivity contribution in [2.24, 2.45) is 5.92 Å². The van der Waals surface area contributed by atoms with Gasteiger partial charge in [-0.05, 0) is 65.2 Å². The molecule has 134 valence electrons. The Morgan fingerprint density at radius 3 is 2.60 bits per heavy atom. The second-order valence-corrected chi connectivity index (χ2v) is 10.4. The van der Waals surface area contributed by atoms with Gasteiger partial charge >= 0.3 is 0 Å². The monoisotopic (exact) mass is 446 g/mol. The number of piperidine rings is 1. The van der Waals surface area contributed by atoms with Gasteiger partial charge in [-0.2, -0.15) is 4.31 Å². The number of nitrogens with one attached hydrogen (secondary N) is 1. The summed E-state index contributed by atoms with van der Waals surface area (Å²) in [6, 6.07) is 8.75. The summed E-state index contributed by atoms with van der Waals surface area (Å²) in [4.78, 5) is 12.4. The Bertz CT molecular complexity index is 868. The molecule has 1 unspecified atom stereocenters. The maximum atomic E-state index is 12.9. The van der Waals surface area contributed by atoms with E-state index in [1.807, 2.05) is 0 Å². The lowest BCUT2D eigenvalue weighted by Crippen LogP contribution is -2.43. The highest BCUT2D eigenvalue weighted by molar-refractivity contribution is 9.11. The van der Waals surface area contributed by atoms with Crippen molar-refractivity contribution in [1.82, 2.24) is 4.31 Å². The van der Waals surface area contributed by atoms with Gasteiger partial charge in [-0.1, -0.05) is 0 Å². The van der Waals surface area contributed by atoms with Crippen molar-refractivity contribution < 1.29 is 17.6 Å². The lowest BCUT2D eigenvalue weighted by molar-refractivity contribution is -0.120. The number of amides is 1. The lowest BCUT2D eigenvalue weighted by Gasteiger charge is -2.30. The van der Waals surface area contributed by atoms with Gasteiger partial charge in [0.15, 0.2) is 0 Å². The van der Waals surface area contributed by atoms with Crippen LogP contribution in [0.2, 0.25) is 0 Å². The minimum atomic E-state index is -3.59. The van der Waals surface area contributed by atoms with Gasteiger partial charge in [0.05, 0.1) is 9.70 Å². The first kappa shape index (κ1) is 18.5. The van der Waals surface area contributed by atoms with E-state index >= 15 is 0 Å². The topological polar surface area (TPSA) is 66.5 Å². The van der Waals surface area contributed by atoms with E-state index in [9.17, 15) is 17.6 Å². The third-order valence-corrected chi connectivity index (χ3v) is 7.97. The van der Waals surface area contributed by atoms with Crippen LogP contribution in [0.4, 0.5) is 10.1 Å². The minimum absolute atomic E-state index is 0.144. The van der Waals surface area contributed by atoms with Gasteiger partial charge in [0, 0.05) is 18.8 Å². The number of rotatable bonds is 4. The predicted molar refractivity (Wildman–Crippen MR) is 98.5 cm³/mol. The molecule has 1 fully saturated rings. The van der Waals surface area contributed by atoms with Crippen LogP contribution in [0.3, 0.4) is 0 Å². The van der Waals surface area contributed by atoms with Crippen molar-refractivity contribution >= 4 is 48.9 Å². The number of hydrogen-bond acceptors (Lipinski definition) is 4. The Balaban J connectivity index is 1.70. The molecule has 2 heterocycles. The van der Waals surface area contributed by atoms with E-state index in [1.165, 1.54) is 28.6 Å². The van der Waals surface area contributed by atoms with Gasteiger partial charge in [-0.3, -0.25) is 4.79 Å². The molecular weight excluding hydrogens is 431 g/mol. The molecule has 1 aliphatic rings. The molecule has 0 aliphatic carbocycles. The fourth-order valence-corrected chi connectivity index (χ4v) is 6.40. The molecule has 0 bridgehead atoms. The number of nitrogens with zero attached hydrogens (tertiary/aromatic N) is 1. The molecule has 2 aromatic rings. The van der Waals surface area contributed by atoms with Crippen LogP contribution in [0, 0.1) is 11.7 Å². The number of carbonyl (C=O) groups excluding carboxylic acids is 1. The predicted octanol–water partition coefficient (Wildman–Crippen LogP) is 3.69. The zero-order valence-corrected chi connectivity index (χ0v) is 16.3. The smallest absolute Gasteiger partial charge is 0.252 e. The number of hydrogen-bond donors (Lipinski definition) is 1. The van der Waals surface area contributed by atoms with Crippen molar-refractivity contribution in [3.63, 3.8) is 0 Å². The van der Waals surface area contributed by atoms with Crippen molar-refractivity contribution in [2.45, 2.75) is 17.1 Å². The first-order valence-electron chi connectivity index (χ1n) is 7.68. The minimum Gasteiger partial charge on any atom is -0.326 e. The van der Waals surface area contributed by atoms with E-state index in [1.54, 1.807) is 12.1 Å². The van der Waals surface area contributed by atoms with E-state index in [4.69, 9.17) is 0 Å². The van der Waals surface area contributed by atoms with Gasteiger partial charge in [0.2, 0.25) is 5.91 Å². The number of anilines is 1. The van der Waals surface area contributed by atoms with E-state index < -0.39 is 15.9 Å². The molecule has 1 atom stereocenters. The molecule has 9 heteroatoms. The van der Waals surface area contributed by atoms with Crippen LogP contribution in [-0.2, 0) is 14.8 Å². The molecule has 0 spiro atoms. The summed E-state index contributed by atoms with van der Waals surface area (Å²) in [6.07, 6.45) is 1.24. The van der Waals surface area contributed by atoms with Gasteiger partial charge in [0.25, 0.3) is 10.0 Å². The Hall–Kier alpha value is -1.29. The number of halogens is 2. The normalized spacial score (nSPS) is 18.9. The summed E-state index contributed by atoms with van der Waals surface area (Å²) in [7, 11) is -3.59. The van der Waals surface area contributed by atoms with Crippen LogP contribution in [0.1, 0.15) is 12.8 Å². The fraction of sp³-hybridized carbons (Fsp3) is 0.312. The van der Waals surface area contributed by atoms with Gasteiger partial charge in [-0.25, -0.2) is 12.8 Å². The molecule has 1 saturated heterocycles. The average Bonchev–Trinajstić information content (AvgIpc) is 3.04. The maximum Gasteiger partial charge on any atom is 0.252 e. The first-order valence-corrected chi connectivity index (χ1v) is 10.7. The Kier molecular flexibility index (Phi) is 5.57. The van der Waals surface area contributed by atoms with Crippen LogP contribution in [-0.4, -0.2) is 31.7 Å². The molecule has 1 amide bonds. The van der Waals surface area contributed by atoms with Crippen LogP contribution in [0.5, 0.6) is 0 Å². The summed E-state index contributed by atoms with van der Waals surface area (Å²) < 4.78 is 40.7. The van der Waals surface area contributed by atoms with Crippen LogP contribution in [0.25, 0.3) is 0 Å². The quantitative estimate of drug-likeness (QED) is 0.778. The highest BCUT2D eigenvalue weighted by atomic mass is 79.9.